The van der Waals surface area contributed by atoms with E-state index in [1.54, 1.807) is 0 Å². The Bertz CT molecular complexity index is 283. The Hall–Kier alpha value is -0.910. The summed E-state index contributed by atoms with van der Waals surface area (Å²) in [6.45, 7) is 5.47. The van der Waals surface area contributed by atoms with Crippen LogP contribution in [0.2, 0.25) is 0 Å². The molecule has 1 amide bonds. The molecule has 1 fully saturated rings. The topological polar surface area (TPSA) is 78.9 Å². The minimum atomic E-state index is -0.486. The number of nitrogens with two attached hydrogens (primary N) is 1. The second kappa shape index (κ2) is 5.98. The minimum Gasteiger partial charge on any atom is -0.409 e. The molecule has 2 atom stereocenters. The van der Waals surface area contributed by atoms with Crippen molar-refractivity contribution in [1.82, 2.24) is 4.90 Å². The van der Waals surface area contributed by atoms with Gasteiger partial charge in [-0.2, -0.15) is 11.8 Å². The van der Waals surface area contributed by atoms with E-state index in [2.05, 4.69) is 12.1 Å². The van der Waals surface area contributed by atoms with Gasteiger partial charge in [-0.05, 0) is 6.42 Å². The molecule has 1 aliphatic rings. The highest BCUT2D eigenvalue weighted by atomic mass is 32.2. The lowest BCUT2D eigenvalue weighted by Gasteiger charge is -2.32. The Morgan fingerprint density at radius 3 is 2.94 bits per heavy atom. The van der Waals surface area contributed by atoms with Gasteiger partial charge in [0.25, 0.3) is 0 Å². The van der Waals surface area contributed by atoms with Crippen LogP contribution in [0.25, 0.3) is 0 Å². The smallest absolute Gasteiger partial charge is 0.233 e. The van der Waals surface area contributed by atoms with Gasteiger partial charge < -0.3 is 15.8 Å². The molecule has 3 N–H and O–H groups in total. The molecule has 5 nitrogen and oxygen atoms in total. The van der Waals surface area contributed by atoms with Crippen LogP contribution in [0.1, 0.15) is 20.3 Å². The molecule has 0 aliphatic carbocycles. The van der Waals surface area contributed by atoms with E-state index in [4.69, 9.17) is 10.9 Å². The van der Waals surface area contributed by atoms with E-state index >= 15 is 0 Å². The zero-order chi connectivity index (χ0) is 12.1. The molecule has 0 radical (unpaired) electrons. The third-order valence-corrected chi connectivity index (χ3v) is 3.87. The molecule has 2 unspecified atom stereocenters. The second-order valence-electron chi connectivity index (χ2n) is 3.95. The van der Waals surface area contributed by atoms with Gasteiger partial charge in [-0.15, -0.1) is 0 Å². The Morgan fingerprint density at radius 2 is 2.44 bits per heavy atom. The highest BCUT2D eigenvalue weighted by Crippen LogP contribution is 2.20. The standard InChI is InChI=1S/C10H19N3O2S/c1-3-8(9(11)12-15)10(14)13-4-5-16-7(2)6-13/h7-8,15H,3-6H2,1-2H3,(H2,11,12). The SMILES string of the molecule is CCC(C(=O)N1CCSC(C)C1)C(N)=NO. The molecular weight excluding hydrogens is 226 g/mol. The van der Waals surface area contributed by atoms with Crippen molar-refractivity contribution in [1.29, 1.82) is 0 Å². The number of carbonyl (C=O) groups is 1. The van der Waals surface area contributed by atoms with Crippen LogP contribution in [0, 0.1) is 5.92 Å². The monoisotopic (exact) mass is 245 g/mol. The summed E-state index contributed by atoms with van der Waals surface area (Å²) >= 11 is 1.87. The van der Waals surface area contributed by atoms with Crippen molar-refractivity contribution in [3.63, 3.8) is 0 Å². The lowest BCUT2D eigenvalue weighted by Crippen LogP contribution is -2.47. The van der Waals surface area contributed by atoms with Gasteiger partial charge in [0.05, 0.1) is 5.92 Å². The zero-order valence-corrected chi connectivity index (χ0v) is 10.5. The normalized spacial score (nSPS) is 24.2. The van der Waals surface area contributed by atoms with Crippen molar-refractivity contribution in [3.05, 3.63) is 0 Å². The number of hydrogen-bond donors (Lipinski definition) is 2. The van der Waals surface area contributed by atoms with Gasteiger partial charge in [-0.25, -0.2) is 0 Å². The molecule has 1 heterocycles. The molecule has 1 saturated heterocycles. The predicted molar refractivity (Wildman–Crippen MR) is 65.7 cm³/mol. The van der Waals surface area contributed by atoms with Gasteiger partial charge in [0.2, 0.25) is 5.91 Å². The summed E-state index contributed by atoms with van der Waals surface area (Å²) in [4.78, 5) is 13.9. The quantitative estimate of drug-likeness (QED) is 0.332. The molecule has 1 rings (SSSR count). The number of carbonyl (C=O) groups excluding carboxylic acids is 1. The molecule has 0 saturated carbocycles. The van der Waals surface area contributed by atoms with Gasteiger partial charge in [0.1, 0.15) is 0 Å². The fraction of sp³-hybridized carbons (Fsp3) is 0.800. The summed E-state index contributed by atoms with van der Waals surface area (Å²) in [5.74, 6) is 0.461. The average molecular weight is 245 g/mol. The molecular formula is C10H19N3O2S. The molecule has 6 heteroatoms. The summed E-state index contributed by atoms with van der Waals surface area (Å²) in [6.07, 6.45) is 0.562. The van der Waals surface area contributed by atoms with E-state index in [-0.39, 0.29) is 11.7 Å². The van der Waals surface area contributed by atoms with Gasteiger partial charge in [0, 0.05) is 24.1 Å². The fourth-order valence-corrected chi connectivity index (χ4v) is 2.83. The van der Waals surface area contributed by atoms with Crippen molar-refractivity contribution in [2.24, 2.45) is 16.8 Å². The number of amidine groups is 1. The first-order valence-electron chi connectivity index (χ1n) is 5.48. The maximum atomic E-state index is 12.1. The summed E-state index contributed by atoms with van der Waals surface area (Å²) in [7, 11) is 0. The fourth-order valence-electron chi connectivity index (χ4n) is 1.82. The van der Waals surface area contributed by atoms with Crippen molar-refractivity contribution in [2.45, 2.75) is 25.5 Å². The maximum absolute atomic E-state index is 12.1. The van der Waals surface area contributed by atoms with Crippen LogP contribution in [-0.4, -0.2) is 45.9 Å². The van der Waals surface area contributed by atoms with Crippen LogP contribution < -0.4 is 5.73 Å². The number of nitrogens with zero attached hydrogens (tertiary/aromatic N) is 2. The summed E-state index contributed by atoms with van der Waals surface area (Å²) < 4.78 is 0. The lowest BCUT2D eigenvalue weighted by atomic mass is 10.0. The van der Waals surface area contributed by atoms with E-state index in [1.807, 2.05) is 23.6 Å². The Balaban J connectivity index is 2.67. The summed E-state index contributed by atoms with van der Waals surface area (Å²) in [6, 6.07) is 0. The maximum Gasteiger partial charge on any atom is 0.233 e. The molecule has 0 aromatic heterocycles. The van der Waals surface area contributed by atoms with Crippen LogP contribution in [0.3, 0.4) is 0 Å². The van der Waals surface area contributed by atoms with E-state index in [9.17, 15) is 4.79 Å². The first-order valence-corrected chi connectivity index (χ1v) is 6.52. The summed E-state index contributed by atoms with van der Waals surface area (Å²) in [5.41, 5.74) is 5.52. The zero-order valence-electron chi connectivity index (χ0n) is 9.72. The molecule has 0 aromatic carbocycles. The number of hydrogen-bond acceptors (Lipinski definition) is 4. The first-order chi connectivity index (χ1) is 7.60. The van der Waals surface area contributed by atoms with Crippen LogP contribution in [-0.2, 0) is 4.79 Å². The van der Waals surface area contributed by atoms with Gasteiger partial charge in [-0.3, -0.25) is 4.79 Å². The third-order valence-electron chi connectivity index (χ3n) is 2.73. The predicted octanol–water partition coefficient (Wildman–Crippen LogP) is 0.723. The van der Waals surface area contributed by atoms with E-state index < -0.39 is 5.92 Å². The third kappa shape index (κ3) is 3.04. The Kier molecular flexibility index (Phi) is 4.92. The van der Waals surface area contributed by atoms with Gasteiger partial charge in [0.15, 0.2) is 5.84 Å². The minimum absolute atomic E-state index is 0.0124. The van der Waals surface area contributed by atoms with Crippen LogP contribution in [0.15, 0.2) is 5.16 Å². The largest absolute Gasteiger partial charge is 0.409 e. The number of oxime groups is 1. The van der Waals surface area contributed by atoms with E-state index in [1.165, 1.54) is 0 Å². The van der Waals surface area contributed by atoms with Crippen molar-refractivity contribution >= 4 is 23.5 Å². The van der Waals surface area contributed by atoms with E-state index in [0.29, 0.717) is 11.7 Å². The Labute approximate surface area is 100 Å². The number of thioether (sulfide) groups is 1. The van der Waals surface area contributed by atoms with Crippen LogP contribution in [0.4, 0.5) is 0 Å². The number of amides is 1. The summed E-state index contributed by atoms with van der Waals surface area (Å²) in [5, 5.41) is 12.0. The average Bonchev–Trinajstić information content (AvgIpc) is 2.29. The highest BCUT2D eigenvalue weighted by Gasteiger charge is 2.29. The van der Waals surface area contributed by atoms with Crippen molar-refractivity contribution < 1.29 is 10.0 Å². The number of rotatable bonds is 3. The highest BCUT2D eigenvalue weighted by molar-refractivity contribution is 7.99. The van der Waals surface area contributed by atoms with Crippen molar-refractivity contribution in [2.75, 3.05) is 18.8 Å². The molecule has 0 aromatic rings. The Morgan fingerprint density at radius 1 is 1.75 bits per heavy atom. The van der Waals surface area contributed by atoms with Crippen LogP contribution in [0.5, 0.6) is 0 Å². The molecule has 0 bridgehead atoms. The molecule has 0 spiro atoms. The molecule has 92 valence electrons. The van der Waals surface area contributed by atoms with Crippen LogP contribution >= 0.6 is 11.8 Å². The molecule has 16 heavy (non-hydrogen) atoms. The van der Waals surface area contributed by atoms with Gasteiger partial charge >= 0.3 is 0 Å². The second-order valence-corrected chi connectivity index (χ2v) is 5.50. The van der Waals surface area contributed by atoms with Crippen molar-refractivity contribution in [3.8, 4) is 0 Å². The van der Waals surface area contributed by atoms with Gasteiger partial charge in [-0.1, -0.05) is 19.0 Å². The van der Waals surface area contributed by atoms with E-state index in [0.717, 1.165) is 18.8 Å². The molecule has 1 aliphatic heterocycles. The first kappa shape index (κ1) is 13.2. The lowest BCUT2D eigenvalue weighted by molar-refractivity contribution is -0.133.